The summed E-state index contributed by atoms with van der Waals surface area (Å²) in [6, 6.07) is 7.99. The number of nitrogens with zero attached hydrogens (tertiary/aromatic N) is 1. The fourth-order valence-electron chi connectivity index (χ4n) is 2.67. The molecule has 1 aromatic carbocycles. The normalized spacial score (nSPS) is 18.1. The van der Waals surface area contributed by atoms with Crippen LogP contribution >= 0.6 is 0 Å². The second-order valence-corrected chi connectivity index (χ2v) is 5.23. The molecule has 1 fully saturated rings. The van der Waals surface area contributed by atoms with Crippen molar-refractivity contribution < 1.29 is 9.53 Å². The maximum atomic E-state index is 11.0. The van der Waals surface area contributed by atoms with Gasteiger partial charge >= 0.3 is 5.97 Å². The van der Waals surface area contributed by atoms with E-state index < -0.39 is 0 Å². The molecule has 2 N–H and O–H groups in total. The summed E-state index contributed by atoms with van der Waals surface area (Å²) in [7, 11) is 0. The second kappa shape index (κ2) is 5.95. The summed E-state index contributed by atoms with van der Waals surface area (Å²) in [6.45, 7) is 5.46. The Hall–Kier alpha value is -1.71. The minimum Gasteiger partial charge on any atom is -0.463 e. The van der Waals surface area contributed by atoms with Crippen LogP contribution in [0.5, 0.6) is 0 Å². The molecule has 1 unspecified atom stereocenters. The molecular formula is C15H22N2O2. The van der Waals surface area contributed by atoms with Gasteiger partial charge in [0.1, 0.15) is 6.10 Å². The van der Waals surface area contributed by atoms with Gasteiger partial charge in [-0.1, -0.05) is 0 Å². The number of esters is 1. The number of hydrogen-bond donors (Lipinski definition) is 1. The van der Waals surface area contributed by atoms with Crippen LogP contribution in [0.15, 0.2) is 24.3 Å². The van der Waals surface area contributed by atoms with E-state index in [4.69, 9.17) is 10.5 Å². The van der Waals surface area contributed by atoms with Gasteiger partial charge < -0.3 is 15.4 Å². The Bertz CT molecular complexity index is 422. The number of piperidine rings is 1. The first kappa shape index (κ1) is 13.7. The predicted octanol–water partition coefficient (Wildman–Crippen LogP) is 2.44. The third kappa shape index (κ3) is 3.63. The van der Waals surface area contributed by atoms with E-state index in [1.807, 2.05) is 19.1 Å². The van der Waals surface area contributed by atoms with Gasteiger partial charge in [0.05, 0.1) is 0 Å². The summed E-state index contributed by atoms with van der Waals surface area (Å²) < 4.78 is 5.27. The van der Waals surface area contributed by atoms with Gasteiger partial charge in [0.2, 0.25) is 0 Å². The van der Waals surface area contributed by atoms with Gasteiger partial charge in [-0.25, -0.2) is 0 Å². The number of anilines is 2. The Morgan fingerprint density at radius 3 is 2.42 bits per heavy atom. The van der Waals surface area contributed by atoms with E-state index in [0.717, 1.165) is 31.6 Å². The molecule has 1 aliphatic heterocycles. The number of hydrogen-bond acceptors (Lipinski definition) is 4. The van der Waals surface area contributed by atoms with Gasteiger partial charge in [-0.05, 0) is 49.9 Å². The molecule has 0 aliphatic carbocycles. The van der Waals surface area contributed by atoms with E-state index in [0.29, 0.717) is 5.92 Å². The van der Waals surface area contributed by atoms with Crippen molar-refractivity contribution in [1.29, 1.82) is 0 Å². The molecule has 4 nitrogen and oxygen atoms in total. The fraction of sp³-hybridized carbons (Fsp3) is 0.533. The molecule has 2 rings (SSSR count). The molecule has 0 radical (unpaired) electrons. The zero-order chi connectivity index (χ0) is 13.8. The lowest BCUT2D eigenvalue weighted by atomic mass is 9.91. The first-order valence-electron chi connectivity index (χ1n) is 6.84. The SMILES string of the molecule is CC(=O)OC(C)C1CCN(c2ccc(N)cc2)CC1. The van der Waals surface area contributed by atoms with Crippen LogP contribution in [0, 0.1) is 5.92 Å². The molecule has 0 amide bonds. The maximum absolute atomic E-state index is 11.0. The molecule has 4 heteroatoms. The first-order valence-corrected chi connectivity index (χ1v) is 6.84. The van der Waals surface area contributed by atoms with E-state index in [1.165, 1.54) is 12.6 Å². The van der Waals surface area contributed by atoms with Gasteiger partial charge in [-0.3, -0.25) is 4.79 Å². The van der Waals surface area contributed by atoms with Crippen LogP contribution in [0.25, 0.3) is 0 Å². The molecule has 19 heavy (non-hydrogen) atoms. The average molecular weight is 262 g/mol. The molecule has 1 heterocycles. The molecule has 1 aromatic rings. The first-order chi connectivity index (χ1) is 9.06. The van der Waals surface area contributed by atoms with Crippen molar-refractivity contribution in [2.24, 2.45) is 5.92 Å². The van der Waals surface area contributed by atoms with Crippen LogP contribution in [0.2, 0.25) is 0 Å². The van der Waals surface area contributed by atoms with Gasteiger partial charge in [-0.15, -0.1) is 0 Å². The number of carbonyl (C=O) groups is 1. The quantitative estimate of drug-likeness (QED) is 0.671. The molecule has 0 bridgehead atoms. The highest BCUT2D eigenvalue weighted by Crippen LogP contribution is 2.26. The minimum absolute atomic E-state index is 0.0195. The Morgan fingerprint density at radius 1 is 1.32 bits per heavy atom. The van der Waals surface area contributed by atoms with Crippen LogP contribution in [0.1, 0.15) is 26.7 Å². The van der Waals surface area contributed by atoms with E-state index in [9.17, 15) is 4.79 Å². The van der Waals surface area contributed by atoms with Crippen LogP contribution < -0.4 is 10.6 Å². The number of nitrogen functional groups attached to an aromatic ring is 1. The molecule has 1 aliphatic rings. The largest absolute Gasteiger partial charge is 0.463 e. The van der Waals surface area contributed by atoms with Crippen molar-refractivity contribution in [2.45, 2.75) is 32.8 Å². The number of rotatable bonds is 3. The highest BCUT2D eigenvalue weighted by atomic mass is 16.5. The Kier molecular flexibility index (Phi) is 4.30. The highest BCUT2D eigenvalue weighted by Gasteiger charge is 2.25. The van der Waals surface area contributed by atoms with Crippen LogP contribution in [0.3, 0.4) is 0 Å². The topological polar surface area (TPSA) is 55.6 Å². The zero-order valence-corrected chi connectivity index (χ0v) is 11.6. The van der Waals surface area contributed by atoms with Crippen molar-refractivity contribution >= 4 is 17.3 Å². The van der Waals surface area contributed by atoms with Crippen LogP contribution in [-0.4, -0.2) is 25.2 Å². The second-order valence-electron chi connectivity index (χ2n) is 5.23. The summed E-state index contributed by atoms with van der Waals surface area (Å²) >= 11 is 0. The van der Waals surface area contributed by atoms with Gasteiger partial charge in [-0.2, -0.15) is 0 Å². The number of ether oxygens (including phenoxy) is 1. The summed E-state index contributed by atoms with van der Waals surface area (Å²) in [5.41, 5.74) is 7.71. The van der Waals surface area contributed by atoms with Crippen molar-refractivity contribution in [3.8, 4) is 0 Å². The summed E-state index contributed by atoms with van der Waals surface area (Å²) in [6.07, 6.45) is 2.13. The molecule has 0 aromatic heterocycles. The standard InChI is InChI=1S/C15H22N2O2/c1-11(19-12(2)18)13-7-9-17(10-8-13)15-5-3-14(16)4-6-15/h3-6,11,13H,7-10,16H2,1-2H3. The average Bonchev–Trinajstić information content (AvgIpc) is 2.39. The van der Waals surface area contributed by atoms with E-state index in [-0.39, 0.29) is 12.1 Å². The van der Waals surface area contributed by atoms with Gasteiger partial charge in [0, 0.05) is 31.4 Å². The fourth-order valence-corrected chi connectivity index (χ4v) is 2.67. The number of carbonyl (C=O) groups excluding carboxylic acids is 1. The molecule has 104 valence electrons. The third-order valence-corrected chi connectivity index (χ3v) is 3.81. The Labute approximate surface area is 114 Å². The number of benzene rings is 1. The number of nitrogens with two attached hydrogens (primary N) is 1. The van der Waals surface area contributed by atoms with Crippen molar-refractivity contribution in [1.82, 2.24) is 0 Å². The summed E-state index contributed by atoms with van der Waals surface area (Å²) in [5.74, 6) is 0.280. The third-order valence-electron chi connectivity index (χ3n) is 3.81. The highest BCUT2D eigenvalue weighted by molar-refractivity contribution is 5.66. The molecular weight excluding hydrogens is 240 g/mol. The minimum atomic E-state index is -0.187. The van der Waals surface area contributed by atoms with E-state index >= 15 is 0 Å². The van der Waals surface area contributed by atoms with Crippen molar-refractivity contribution in [3.05, 3.63) is 24.3 Å². The van der Waals surface area contributed by atoms with Crippen LogP contribution in [-0.2, 0) is 9.53 Å². The maximum Gasteiger partial charge on any atom is 0.302 e. The summed E-state index contributed by atoms with van der Waals surface area (Å²) in [5, 5.41) is 0. The summed E-state index contributed by atoms with van der Waals surface area (Å²) in [4.78, 5) is 13.3. The van der Waals surface area contributed by atoms with Crippen molar-refractivity contribution in [2.75, 3.05) is 23.7 Å². The lowest BCUT2D eigenvalue weighted by Gasteiger charge is -2.35. The lowest BCUT2D eigenvalue weighted by molar-refractivity contribution is -0.148. The molecule has 1 saturated heterocycles. The van der Waals surface area contributed by atoms with E-state index in [1.54, 1.807) is 0 Å². The Morgan fingerprint density at radius 2 is 1.89 bits per heavy atom. The molecule has 0 saturated carbocycles. The lowest BCUT2D eigenvalue weighted by Crippen LogP contribution is -2.38. The van der Waals surface area contributed by atoms with Gasteiger partial charge in [0.15, 0.2) is 0 Å². The van der Waals surface area contributed by atoms with E-state index in [2.05, 4.69) is 17.0 Å². The smallest absolute Gasteiger partial charge is 0.302 e. The monoisotopic (exact) mass is 262 g/mol. The zero-order valence-electron chi connectivity index (χ0n) is 11.6. The predicted molar refractivity (Wildman–Crippen MR) is 77.0 cm³/mol. The van der Waals surface area contributed by atoms with Gasteiger partial charge in [0.25, 0.3) is 0 Å². The van der Waals surface area contributed by atoms with Crippen LogP contribution in [0.4, 0.5) is 11.4 Å². The van der Waals surface area contributed by atoms with Crippen molar-refractivity contribution in [3.63, 3.8) is 0 Å². The molecule has 1 atom stereocenters. The molecule has 0 spiro atoms. The Balaban J connectivity index is 1.88.